The van der Waals surface area contributed by atoms with E-state index < -0.39 is 25.3 Å². The van der Waals surface area contributed by atoms with Crippen molar-refractivity contribution < 1.29 is 26.3 Å². The molecular weight excluding hydrogens is 286 g/mol. The largest absolute Gasteiger partial charge is 0.401 e. The Bertz CT molecular complexity index is 268. The number of unbranched alkanes of at least 4 members (excludes halogenated alkanes) is 1. The molecule has 0 aromatic heterocycles. The van der Waals surface area contributed by atoms with Crippen LogP contribution in [0.15, 0.2) is 0 Å². The van der Waals surface area contributed by atoms with Gasteiger partial charge >= 0.3 is 12.4 Å². The third-order valence-electron chi connectivity index (χ3n) is 3.31. The van der Waals surface area contributed by atoms with Crippen molar-refractivity contribution in [3.05, 3.63) is 0 Å². The molecule has 0 aliphatic carbocycles. The molecular formula is C12H20F6N2. The first-order valence-corrected chi connectivity index (χ1v) is 6.75. The second kappa shape index (κ2) is 7.49. The van der Waals surface area contributed by atoms with Gasteiger partial charge < -0.3 is 5.32 Å². The van der Waals surface area contributed by atoms with Crippen molar-refractivity contribution in [2.45, 2.75) is 50.5 Å². The highest BCUT2D eigenvalue weighted by Gasteiger charge is 2.32. The number of hydrogen-bond donors (Lipinski definition) is 1. The zero-order valence-electron chi connectivity index (χ0n) is 11.2. The van der Waals surface area contributed by atoms with E-state index in [0.29, 0.717) is 38.9 Å². The van der Waals surface area contributed by atoms with Gasteiger partial charge in [0, 0.05) is 12.5 Å². The van der Waals surface area contributed by atoms with Gasteiger partial charge in [-0.25, -0.2) is 0 Å². The fourth-order valence-electron chi connectivity index (χ4n) is 2.31. The highest BCUT2D eigenvalue weighted by atomic mass is 19.4. The molecule has 1 N–H and O–H groups in total. The van der Waals surface area contributed by atoms with Gasteiger partial charge in [-0.05, 0) is 45.3 Å². The van der Waals surface area contributed by atoms with Gasteiger partial charge in [0.15, 0.2) is 0 Å². The lowest BCUT2D eigenvalue weighted by molar-refractivity contribution is -0.148. The maximum absolute atomic E-state index is 12.2. The lowest BCUT2D eigenvalue weighted by Crippen LogP contribution is -2.45. The van der Waals surface area contributed by atoms with Gasteiger partial charge in [-0.2, -0.15) is 26.3 Å². The molecule has 0 bridgehead atoms. The summed E-state index contributed by atoms with van der Waals surface area (Å²) in [6.45, 7) is 0.352. The Morgan fingerprint density at radius 3 is 2.00 bits per heavy atom. The summed E-state index contributed by atoms with van der Waals surface area (Å²) in [5.74, 6) is 0. The van der Waals surface area contributed by atoms with Crippen molar-refractivity contribution >= 4 is 0 Å². The average Bonchev–Trinajstić information content (AvgIpc) is 2.27. The monoisotopic (exact) mass is 306 g/mol. The number of nitrogens with zero attached hydrogens (tertiary/aromatic N) is 1. The van der Waals surface area contributed by atoms with Crippen LogP contribution in [-0.4, -0.2) is 49.5 Å². The van der Waals surface area contributed by atoms with Gasteiger partial charge in [0.05, 0.1) is 6.54 Å². The summed E-state index contributed by atoms with van der Waals surface area (Å²) in [6, 6.07) is 0.116. The molecule has 8 heteroatoms. The zero-order chi connectivity index (χ0) is 15.2. The van der Waals surface area contributed by atoms with E-state index in [4.69, 9.17) is 0 Å². The molecule has 1 saturated heterocycles. The van der Waals surface area contributed by atoms with Gasteiger partial charge in [-0.15, -0.1) is 0 Å². The second-order valence-corrected chi connectivity index (χ2v) is 5.19. The molecule has 1 aliphatic rings. The van der Waals surface area contributed by atoms with Gasteiger partial charge in [0.25, 0.3) is 0 Å². The quantitative estimate of drug-likeness (QED) is 0.598. The summed E-state index contributed by atoms with van der Waals surface area (Å²) >= 11 is 0. The van der Waals surface area contributed by atoms with E-state index in [1.54, 1.807) is 0 Å². The molecule has 1 fully saturated rings. The molecule has 0 aromatic carbocycles. The van der Waals surface area contributed by atoms with E-state index in [1.807, 2.05) is 0 Å². The fourth-order valence-corrected chi connectivity index (χ4v) is 2.31. The Morgan fingerprint density at radius 1 is 0.900 bits per heavy atom. The van der Waals surface area contributed by atoms with Crippen molar-refractivity contribution in [3.63, 3.8) is 0 Å². The third kappa shape index (κ3) is 8.63. The van der Waals surface area contributed by atoms with Crippen molar-refractivity contribution in [3.8, 4) is 0 Å². The molecule has 0 radical (unpaired) electrons. The maximum atomic E-state index is 12.2. The smallest absolute Gasteiger partial charge is 0.314 e. The van der Waals surface area contributed by atoms with E-state index in [-0.39, 0.29) is 12.5 Å². The van der Waals surface area contributed by atoms with Crippen LogP contribution in [0.25, 0.3) is 0 Å². The molecule has 120 valence electrons. The minimum atomic E-state index is -4.17. The van der Waals surface area contributed by atoms with Crippen molar-refractivity contribution in [2.75, 3.05) is 26.2 Å². The molecule has 1 aliphatic heterocycles. The number of halogens is 6. The Kier molecular flexibility index (Phi) is 6.57. The van der Waals surface area contributed by atoms with Crippen LogP contribution >= 0.6 is 0 Å². The van der Waals surface area contributed by atoms with Crippen molar-refractivity contribution in [1.29, 1.82) is 0 Å². The topological polar surface area (TPSA) is 15.3 Å². The number of nitrogens with one attached hydrogen (secondary N) is 1. The van der Waals surface area contributed by atoms with Crippen LogP contribution in [0, 0.1) is 0 Å². The van der Waals surface area contributed by atoms with Crippen LogP contribution < -0.4 is 5.32 Å². The van der Waals surface area contributed by atoms with Crippen LogP contribution in [0.3, 0.4) is 0 Å². The summed E-state index contributed by atoms with van der Waals surface area (Å²) in [7, 11) is 0. The summed E-state index contributed by atoms with van der Waals surface area (Å²) < 4.78 is 72.2. The minimum Gasteiger partial charge on any atom is -0.314 e. The van der Waals surface area contributed by atoms with Crippen LogP contribution in [0.4, 0.5) is 26.3 Å². The SMILES string of the molecule is FC(F)(F)CCCCNC1CCN(CC(F)(F)F)CC1. The summed E-state index contributed by atoms with van der Waals surface area (Å²) in [6.07, 6.45) is -7.32. The van der Waals surface area contributed by atoms with Crippen LogP contribution in [0.1, 0.15) is 32.1 Å². The Hall–Kier alpha value is -0.500. The normalized spacial score (nSPS) is 19.5. The predicted octanol–water partition coefficient (Wildman–Crippen LogP) is 3.34. The summed E-state index contributed by atoms with van der Waals surface area (Å²) in [4.78, 5) is 1.36. The first-order chi connectivity index (χ1) is 9.16. The summed E-state index contributed by atoms with van der Waals surface area (Å²) in [5.41, 5.74) is 0. The highest BCUT2D eigenvalue weighted by Crippen LogP contribution is 2.22. The van der Waals surface area contributed by atoms with Crippen LogP contribution in [0.2, 0.25) is 0 Å². The van der Waals surface area contributed by atoms with E-state index >= 15 is 0 Å². The standard InChI is InChI=1S/C12H20F6N2/c13-11(14,15)5-1-2-6-19-10-3-7-20(8-4-10)9-12(16,17)18/h10,19H,1-9H2. The van der Waals surface area contributed by atoms with E-state index in [1.165, 1.54) is 4.90 Å². The van der Waals surface area contributed by atoms with E-state index in [9.17, 15) is 26.3 Å². The minimum absolute atomic E-state index is 0.0867. The molecule has 0 saturated carbocycles. The number of alkyl halides is 6. The first-order valence-electron chi connectivity index (χ1n) is 6.75. The maximum Gasteiger partial charge on any atom is 0.401 e. The number of hydrogen-bond acceptors (Lipinski definition) is 2. The Morgan fingerprint density at radius 2 is 1.50 bits per heavy atom. The molecule has 2 nitrogen and oxygen atoms in total. The van der Waals surface area contributed by atoms with Crippen LogP contribution in [-0.2, 0) is 0 Å². The highest BCUT2D eigenvalue weighted by molar-refractivity contribution is 4.78. The third-order valence-corrected chi connectivity index (χ3v) is 3.31. The van der Waals surface area contributed by atoms with Gasteiger partial charge in [0.1, 0.15) is 0 Å². The Labute approximate surface area is 114 Å². The van der Waals surface area contributed by atoms with E-state index in [0.717, 1.165) is 0 Å². The van der Waals surface area contributed by atoms with Gasteiger partial charge in [-0.1, -0.05) is 0 Å². The molecule has 0 aromatic rings. The molecule has 0 amide bonds. The number of piperidine rings is 1. The number of rotatable bonds is 6. The van der Waals surface area contributed by atoms with Crippen LogP contribution in [0.5, 0.6) is 0 Å². The van der Waals surface area contributed by atoms with E-state index in [2.05, 4.69) is 5.32 Å². The zero-order valence-corrected chi connectivity index (χ0v) is 11.2. The van der Waals surface area contributed by atoms with Crippen molar-refractivity contribution in [2.24, 2.45) is 0 Å². The molecule has 1 rings (SSSR count). The van der Waals surface area contributed by atoms with Gasteiger partial charge in [-0.3, -0.25) is 4.90 Å². The Balaban J connectivity index is 2.05. The lowest BCUT2D eigenvalue weighted by atomic mass is 10.0. The predicted molar refractivity (Wildman–Crippen MR) is 63.4 cm³/mol. The first kappa shape index (κ1) is 17.6. The molecule has 0 spiro atoms. The fraction of sp³-hybridized carbons (Fsp3) is 1.00. The second-order valence-electron chi connectivity index (χ2n) is 5.19. The number of likely N-dealkylation sites (tertiary alicyclic amines) is 1. The molecule has 0 unspecified atom stereocenters. The average molecular weight is 306 g/mol. The molecule has 1 heterocycles. The van der Waals surface area contributed by atoms with Gasteiger partial charge in [0.2, 0.25) is 0 Å². The summed E-state index contributed by atoms with van der Waals surface area (Å²) in [5, 5.41) is 3.12. The lowest BCUT2D eigenvalue weighted by Gasteiger charge is -2.32. The van der Waals surface area contributed by atoms with Crippen molar-refractivity contribution in [1.82, 2.24) is 10.2 Å². The molecule has 0 atom stereocenters. The molecule has 20 heavy (non-hydrogen) atoms.